The molecular weight excluding hydrogens is 272 g/mol. The minimum atomic E-state index is -0.121. The SMILES string of the molecule is CN1CCC(NC(c2cccs2)c2nccn2C)C1=O. The van der Waals surface area contributed by atoms with E-state index in [9.17, 15) is 4.79 Å². The highest BCUT2D eigenvalue weighted by atomic mass is 32.1. The van der Waals surface area contributed by atoms with Crippen LogP contribution < -0.4 is 5.32 Å². The summed E-state index contributed by atoms with van der Waals surface area (Å²) in [4.78, 5) is 19.5. The maximum absolute atomic E-state index is 12.1. The summed E-state index contributed by atoms with van der Waals surface area (Å²) in [5.41, 5.74) is 0. The summed E-state index contributed by atoms with van der Waals surface area (Å²) in [7, 11) is 3.83. The average Bonchev–Trinajstić information content (AvgIpc) is 3.14. The zero-order valence-corrected chi connectivity index (χ0v) is 12.4. The minimum absolute atomic E-state index is 0.0320. The van der Waals surface area contributed by atoms with Crippen molar-refractivity contribution in [2.24, 2.45) is 7.05 Å². The van der Waals surface area contributed by atoms with Crippen molar-refractivity contribution in [3.63, 3.8) is 0 Å². The van der Waals surface area contributed by atoms with Crippen LogP contribution in [-0.2, 0) is 11.8 Å². The van der Waals surface area contributed by atoms with Gasteiger partial charge in [-0.1, -0.05) is 6.07 Å². The molecule has 3 rings (SSSR count). The molecule has 5 nitrogen and oxygen atoms in total. The summed E-state index contributed by atoms with van der Waals surface area (Å²) in [6, 6.07) is 3.96. The van der Waals surface area contributed by atoms with Gasteiger partial charge in [0.25, 0.3) is 0 Å². The van der Waals surface area contributed by atoms with Crippen LogP contribution in [-0.4, -0.2) is 40.0 Å². The van der Waals surface area contributed by atoms with Gasteiger partial charge in [-0.15, -0.1) is 11.3 Å². The number of aromatic nitrogens is 2. The quantitative estimate of drug-likeness (QED) is 0.926. The molecule has 1 amide bonds. The summed E-state index contributed by atoms with van der Waals surface area (Å²) >= 11 is 1.68. The molecular formula is C14H18N4OS. The zero-order chi connectivity index (χ0) is 14.1. The molecule has 0 bridgehead atoms. The molecule has 0 radical (unpaired) electrons. The van der Waals surface area contributed by atoms with Gasteiger partial charge in [-0.3, -0.25) is 10.1 Å². The van der Waals surface area contributed by atoms with Gasteiger partial charge in [-0.05, 0) is 17.9 Å². The first kappa shape index (κ1) is 13.3. The number of rotatable bonds is 4. The van der Waals surface area contributed by atoms with Crippen molar-refractivity contribution in [3.05, 3.63) is 40.6 Å². The number of carbonyl (C=O) groups excluding carboxylic acids is 1. The van der Waals surface area contributed by atoms with Crippen LogP contribution >= 0.6 is 11.3 Å². The Hall–Kier alpha value is -1.66. The zero-order valence-electron chi connectivity index (χ0n) is 11.6. The van der Waals surface area contributed by atoms with Crippen LogP contribution in [0.1, 0.15) is 23.2 Å². The number of likely N-dealkylation sites (tertiary alicyclic amines) is 1. The number of likely N-dealkylation sites (N-methyl/N-ethyl adjacent to an activating group) is 1. The number of nitrogens with one attached hydrogen (secondary N) is 1. The summed E-state index contributed by atoms with van der Waals surface area (Å²) in [5.74, 6) is 1.11. The Balaban J connectivity index is 1.88. The summed E-state index contributed by atoms with van der Waals surface area (Å²) in [5, 5.41) is 5.53. The molecule has 1 aliphatic rings. The molecule has 20 heavy (non-hydrogen) atoms. The van der Waals surface area contributed by atoms with E-state index < -0.39 is 0 Å². The second-order valence-electron chi connectivity index (χ2n) is 5.11. The van der Waals surface area contributed by atoms with E-state index in [1.165, 1.54) is 4.88 Å². The van der Waals surface area contributed by atoms with Gasteiger partial charge in [0.1, 0.15) is 11.9 Å². The predicted octanol–water partition coefficient (Wildman–Crippen LogP) is 1.39. The fraction of sp³-hybridized carbons (Fsp3) is 0.429. The van der Waals surface area contributed by atoms with Crippen LogP contribution in [0.15, 0.2) is 29.9 Å². The largest absolute Gasteiger partial charge is 0.344 e. The molecule has 1 fully saturated rings. The Morgan fingerprint density at radius 2 is 2.35 bits per heavy atom. The van der Waals surface area contributed by atoms with Gasteiger partial charge < -0.3 is 9.47 Å². The van der Waals surface area contributed by atoms with E-state index in [0.29, 0.717) is 0 Å². The fourth-order valence-electron chi connectivity index (χ4n) is 2.57. The van der Waals surface area contributed by atoms with Crippen LogP contribution in [0.3, 0.4) is 0 Å². The van der Waals surface area contributed by atoms with E-state index in [4.69, 9.17) is 0 Å². The van der Waals surface area contributed by atoms with E-state index >= 15 is 0 Å². The Morgan fingerprint density at radius 1 is 1.50 bits per heavy atom. The monoisotopic (exact) mass is 290 g/mol. The molecule has 2 atom stereocenters. The Labute approximate surface area is 122 Å². The molecule has 3 heterocycles. The van der Waals surface area contributed by atoms with Gasteiger partial charge in [-0.25, -0.2) is 4.98 Å². The van der Waals surface area contributed by atoms with Crippen molar-refractivity contribution in [2.45, 2.75) is 18.5 Å². The first-order valence-electron chi connectivity index (χ1n) is 6.68. The third-order valence-electron chi connectivity index (χ3n) is 3.74. The lowest BCUT2D eigenvalue weighted by atomic mass is 10.1. The highest BCUT2D eigenvalue weighted by molar-refractivity contribution is 7.10. The normalized spacial score (nSPS) is 20.6. The first-order chi connectivity index (χ1) is 9.66. The van der Waals surface area contributed by atoms with Crippen LogP contribution in [0.2, 0.25) is 0 Å². The second-order valence-corrected chi connectivity index (χ2v) is 6.09. The van der Waals surface area contributed by atoms with Gasteiger partial charge >= 0.3 is 0 Å². The van der Waals surface area contributed by atoms with Crippen molar-refractivity contribution in [2.75, 3.05) is 13.6 Å². The van der Waals surface area contributed by atoms with Crippen molar-refractivity contribution in [1.82, 2.24) is 19.8 Å². The minimum Gasteiger partial charge on any atom is -0.344 e. The highest BCUT2D eigenvalue weighted by Crippen LogP contribution is 2.26. The van der Waals surface area contributed by atoms with E-state index in [2.05, 4.69) is 21.7 Å². The Morgan fingerprint density at radius 3 is 2.90 bits per heavy atom. The van der Waals surface area contributed by atoms with Gasteiger partial charge in [0.2, 0.25) is 5.91 Å². The van der Waals surface area contributed by atoms with Gasteiger partial charge in [0, 0.05) is 37.9 Å². The molecule has 0 saturated carbocycles. The van der Waals surface area contributed by atoms with Crippen molar-refractivity contribution < 1.29 is 4.79 Å². The molecule has 6 heteroatoms. The molecule has 1 saturated heterocycles. The fourth-order valence-corrected chi connectivity index (χ4v) is 3.35. The van der Waals surface area contributed by atoms with Gasteiger partial charge in [-0.2, -0.15) is 0 Å². The summed E-state index contributed by atoms with van der Waals surface area (Å²) < 4.78 is 2.00. The molecule has 0 aromatic carbocycles. The lowest BCUT2D eigenvalue weighted by molar-refractivity contribution is -0.128. The van der Waals surface area contributed by atoms with Crippen LogP contribution in [0.25, 0.3) is 0 Å². The summed E-state index contributed by atoms with van der Waals surface area (Å²) in [6.45, 7) is 0.814. The number of imidazole rings is 1. The number of aryl methyl sites for hydroxylation is 1. The number of nitrogens with zero attached hydrogens (tertiary/aromatic N) is 3. The number of amides is 1. The maximum Gasteiger partial charge on any atom is 0.239 e. The Bertz CT molecular complexity index is 592. The van der Waals surface area contributed by atoms with Gasteiger partial charge in [0.05, 0.1) is 6.04 Å². The van der Waals surface area contributed by atoms with Crippen LogP contribution in [0.5, 0.6) is 0 Å². The highest BCUT2D eigenvalue weighted by Gasteiger charge is 2.32. The molecule has 2 unspecified atom stereocenters. The van der Waals surface area contributed by atoms with Crippen molar-refractivity contribution in [3.8, 4) is 0 Å². The van der Waals surface area contributed by atoms with Crippen molar-refractivity contribution in [1.29, 1.82) is 0 Å². The number of carbonyl (C=O) groups is 1. The first-order valence-corrected chi connectivity index (χ1v) is 7.56. The van der Waals surface area contributed by atoms with Crippen LogP contribution in [0, 0.1) is 0 Å². The molecule has 106 valence electrons. The van der Waals surface area contributed by atoms with E-state index in [0.717, 1.165) is 18.8 Å². The molecule has 1 aliphatic heterocycles. The standard InChI is InChI=1S/C14H18N4OS/c1-17-8-6-15-13(17)12(11-4-3-9-20-11)16-10-5-7-18(2)14(10)19/h3-4,6,8-10,12,16H,5,7H2,1-2H3. The molecule has 2 aromatic rings. The van der Waals surface area contributed by atoms with Gasteiger partial charge in [0.15, 0.2) is 0 Å². The molecule has 2 aromatic heterocycles. The van der Waals surface area contributed by atoms with Crippen molar-refractivity contribution >= 4 is 17.2 Å². The number of thiophene rings is 1. The molecule has 0 spiro atoms. The average molecular weight is 290 g/mol. The number of hydrogen-bond donors (Lipinski definition) is 1. The van der Waals surface area contributed by atoms with E-state index in [-0.39, 0.29) is 18.0 Å². The smallest absolute Gasteiger partial charge is 0.239 e. The lowest BCUT2D eigenvalue weighted by Gasteiger charge is -2.21. The second kappa shape index (κ2) is 5.38. The molecule has 0 aliphatic carbocycles. The van der Waals surface area contributed by atoms with Crippen LogP contribution in [0.4, 0.5) is 0 Å². The number of hydrogen-bond acceptors (Lipinski definition) is 4. The molecule has 1 N–H and O–H groups in total. The third-order valence-corrected chi connectivity index (χ3v) is 4.68. The topological polar surface area (TPSA) is 50.2 Å². The third kappa shape index (κ3) is 2.36. The maximum atomic E-state index is 12.1. The summed E-state index contributed by atoms with van der Waals surface area (Å²) in [6.07, 6.45) is 4.57. The predicted molar refractivity (Wildman–Crippen MR) is 78.5 cm³/mol. The lowest BCUT2D eigenvalue weighted by Crippen LogP contribution is -2.40. The van der Waals surface area contributed by atoms with E-state index in [1.54, 1.807) is 22.4 Å². The van der Waals surface area contributed by atoms with E-state index in [1.807, 2.05) is 30.9 Å². The Kier molecular flexibility index (Phi) is 3.58.